The van der Waals surface area contributed by atoms with Gasteiger partial charge in [0.1, 0.15) is 5.75 Å². The molecule has 1 aromatic rings. The minimum atomic E-state index is -0.703. The summed E-state index contributed by atoms with van der Waals surface area (Å²) in [7, 11) is 2.97. The van der Waals surface area contributed by atoms with Crippen LogP contribution in [0.2, 0.25) is 0 Å². The number of amides is 2. The van der Waals surface area contributed by atoms with Gasteiger partial charge in [0.25, 0.3) is 5.91 Å². The fourth-order valence-corrected chi connectivity index (χ4v) is 1.07. The van der Waals surface area contributed by atoms with Gasteiger partial charge in [-0.15, -0.1) is 0 Å². The Labute approximate surface area is 98.8 Å². The Morgan fingerprint density at radius 3 is 2.59 bits per heavy atom. The van der Waals surface area contributed by atoms with Crippen LogP contribution in [0.15, 0.2) is 18.2 Å². The molecule has 6 heteroatoms. The van der Waals surface area contributed by atoms with E-state index in [2.05, 4.69) is 4.84 Å². The van der Waals surface area contributed by atoms with Crippen LogP contribution in [-0.4, -0.2) is 36.1 Å². The number of nitrogens with one attached hydrogen (secondary N) is 1. The molecule has 0 aliphatic carbocycles. The minimum absolute atomic E-state index is 0.0524. The molecule has 0 unspecified atom stereocenters. The lowest BCUT2D eigenvalue weighted by atomic mass is 10.1. The number of aryl methyl sites for hydroxylation is 1. The summed E-state index contributed by atoms with van der Waals surface area (Å²) in [5.74, 6) is -0.851. The van der Waals surface area contributed by atoms with E-state index in [0.29, 0.717) is 0 Å². The smallest absolute Gasteiger partial charge is 0.433 e. The Hall–Kier alpha value is -2.24. The fourth-order valence-electron chi connectivity index (χ4n) is 1.07. The molecule has 17 heavy (non-hydrogen) atoms. The van der Waals surface area contributed by atoms with Gasteiger partial charge in [0.15, 0.2) is 0 Å². The summed E-state index contributed by atoms with van der Waals surface area (Å²) < 4.78 is 0. The van der Waals surface area contributed by atoms with Crippen LogP contribution in [0.5, 0.6) is 5.75 Å². The average molecular weight is 238 g/mol. The predicted molar refractivity (Wildman–Crippen MR) is 60.5 cm³/mol. The second kappa shape index (κ2) is 5.20. The van der Waals surface area contributed by atoms with Gasteiger partial charge in [-0.25, -0.2) is 4.79 Å². The molecular weight excluding hydrogens is 224 g/mol. The lowest BCUT2D eigenvalue weighted by molar-refractivity contribution is 0.0477. The third-order valence-corrected chi connectivity index (χ3v) is 1.99. The number of carbonyl (C=O) groups excluding carboxylic acids is 2. The van der Waals surface area contributed by atoms with E-state index in [1.165, 1.54) is 26.2 Å². The van der Waals surface area contributed by atoms with Crippen LogP contribution in [0.3, 0.4) is 0 Å². The molecular formula is C11H14N2O4. The molecule has 6 nitrogen and oxygen atoms in total. The molecule has 0 fully saturated rings. The van der Waals surface area contributed by atoms with E-state index in [1.807, 2.05) is 5.48 Å². The van der Waals surface area contributed by atoms with Gasteiger partial charge >= 0.3 is 6.09 Å². The van der Waals surface area contributed by atoms with Gasteiger partial charge in [0.2, 0.25) is 0 Å². The van der Waals surface area contributed by atoms with Gasteiger partial charge in [0, 0.05) is 14.1 Å². The summed E-state index contributed by atoms with van der Waals surface area (Å²) in [6.07, 6.45) is -0.703. The number of hydrogen-bond donors (Lipinski definition) is 2. The van der Waals surface area contributed by atoms with Crippen molar-refractivity contribution in [3.05, 3.63) is 29.3 Å². The summed E-state index contributed by atoms with van der Waals surface area (Å²) in [5.41, 5.74) is 2.82. The predicted octanol–water partition coefficient (Wildman–Crippen LogP) is 1.04. The first-order valence-corrected chi connectivity index (χ1v) is 4.90. The lowest BCUT2D eigenvalue weighted by Gasteiger charge is -2.11. The van der Waals surface area contributed by atoms with Crippen LogP contribution in [0, 0.1) is 6.92 Å². The number of aromatic hydroxyl groups is 1. The molecule has 0 aliphatic heterocycles. The summed E-state index contributed by atoms with van der Waals surface area (Å²) >= 11 is 0. The standard InChI is InChI=1S/C11H14N2O4/c1-7-4-5-9(14)8(6-7)10(15)12-17-11(16)13(2)3/h4-6,14H,1-3H3,(H,12,15). The highest BCUT2D eigenvalue weighted by atomic mass is 16.7. The van der Waals surface area contributed by atoms with Gasteiger partial charge in [0.05, 0.1) is 5.56 Å². The van der Waals surface area contributed by atoms with Gasteiger partial charge in [-0.05, 0) is 19.1 Å². The van der Waals surface area contributed by atoms with E-state index in [1.54, 1.807) is 13.0 Å². The Balaban J connectivity index is 2.70. The molecule has 0 saturated heterocycles. The van der Waals surface area contributed by atoms with Gasteiger partial charge < -0.3 is 14.8 Å². The Bertz CT molecular complexity index is 443. The highest BCUT2D eigenvalue weighted by molar-refractivity contribution is 5.96. The molecule has 0 radical (unpaired) electrons. The van der Waals surface area contributed by atoms with Crippen molar-refractivity contribution in [1.29, 1.82) is 0 Å². The topological polar surface area (TPSA) is 78.9 Å². The molecule has 0 bridgehead atoms. The first-order chi connectivity index (χ1) is 7.91. The largest absolute Gasteiger partial charge is 0.507 e. The van der Waals surface area contributed by atoms with Crippen molar-refractivity contribution in [2.24, 2.45) is 0 Å². The summed E-state index contributed by atoms with van der Waals surface area (Å²) in [6, 6.07) is 4.56. The Morgan fingerprint density at radius 2 is 2.00 bits per heavy atom. The maximum atomic E-state index is 11.6. The first-order valence-electron chi connectivity index (χ1n) is 4.90. The molecule has 0 saturated carbocycles. The van der Waals surface area contributed by atoms with Crippen LogP contribution in [-0.2, 0) is 4.84 Å². The maximum absolute atomic E-state index is 11.6. The van der Waals surface area contributed by atoms with Crippen molar-refractivity contribution >= 4 is 12.0 Å². The van der Waals surface area contributed by atoms with E-state index in [4.69, 9.17) is 0 Å². The van der Waals surface area contributed by atoms with Gasteiger partial charge in [-0.3, -0.25) is 4.79 Å². The van der Waals surface area contributed by atoms with Crippen molar-refractivity contribution < 1.29 is 19.5 Å². The van der Waals surface area contributed by atoms with E-state index >= 15 is 0 Å². The third kappa shape index (κ3) is 3.37. The van der Waals surface area contributed by atoms with Crippen LogP contribution in [0.25, 0.3) is 0 Å². The Kier molecular flexibility index (Phi) is 3.92. The zero-order valence-corrected chi connectivity index (χ0v) is 9.85. The number of hydroxylamine groups is 1. The van der Waals surface area contributed by atoms with E-state index in [0.717, 1.165) is 10.5 Å². The normalized spacial score (nSPS) is 9.59. The lowest BCUT2D eigenvalue weighted by Crippen LogP contribution is -2.33. The molecule has 0 aliphatic rings. The monoisotopic (exact) mass is 238 g/mol. The molecule has 2 amide bonds. The van der Waals surface area contributed by atoms with Gasteiger partial charge in [-0.2, -0.15) is 5.48 Å². The number of rotatable bonds is 1. The molecule has 0 heterocycles. The van der Waals surface area contributed by atoms with Crippen molar-refractivity contribution in [2.75, 3.05) is 14.1 Å². The second-order valence-corrected chi connectivity index (χ2v) is 3.71. The van der Waals surface area contributed by atoms with Crippen molar-refractivity contribution in [3.8, 4) is 5.75 Å². The van der Waals surface area contributed by atoms with E-state index in [-0.39, 0.29) is 11.3 Å². The summed E-state index contributed by atoms with van der Waals surface area (Å²) in [4.78, 5) is 28.3. The molecule has 2 N–H and O–H groups in total. The quantitative estimate of drug-likeness (QED) is 0.716. The summed E-state index contributed by atoms with van der Waals surface area (Å²) in [6.45, 7) is 1.78. The fraction of sp³-hybridized carbons (Fsp3) is 0.273. The number of phenols is 1. The second-order valence-electron chi connectivity index (χ2n) is 3.71. The molecule has 0 spiro atoms. The molecule has 0 atom stereocenters. The van der Waals surface area contributed by atoms with Crippen LogP contribution < -0.4 is 5.48 Å². The zero-order chi connectivity index (χ0) is 13.0. The molecule has 1 aromatic carbocycles. The average Bonchev–Trinajstić information content (AvgIpc) is 2.28. The third-order valence-electron chi connectivity index (χ3n) is 1.99. The number of carbonyl (C=O) groups is 2. The van der Waals surface area contributed by atoms with Crippen molar-refractivity contribution in [2.45, 2.75) is 6.92 Å². The van der Waals surface area contributed by atoms with Crippen molar-refractivity contribution in [1.82, 2.24) is 10.4 Å². The van der Waals surface area contributed by atoms with Crippen LogP contribution in [0.4, 0.5) is 4.79 Å². The number of nitrogens with zero attached hydrogens (tertiary/aromatic N) is 1. The van der Waals surface area contributed by atoms with Crippen molar-refractivity contribution in [3.63, 3.8) is 0 Å². The molecule has 0 aromatic heterocycles. The Morgan fingerprint density at radius 1 is 1.35 bits per heavy atom. The van der Waals surface area contributed by atoms with Crippen LogP contribution >= 0.6 is 0 Å². The number of phenolic OH excluding ortho intramolecular Hbond substituents is 1. The zero-order valence-electron chi connectivity index (χ0n) is 9.85. The molecule has 92 valence electrons. The number of hydrogen-bond acceptors (Lipinski definition) is 4. The van der Waals surface area contributed by atoms with E-state index in [9.17, 15) is 14.7 Å². The van der Waals surface area contributed by atoms with Gasteiger partial charge in [-0.1, -0.05) is 11.6 Å². The SMILES string of the molecule is Cc1ccc(O)c(C(=O)NOC(=O)N(C)C)c1. The molecule has 1 rings (SSSR count). The first kappa shape index (κ1) is 12.8. The maximum Gasteiger partial charge on any atom is 0.433 e. The number of benzene rings is 1. The highest BCUT2D eigenvalue weighted by Crippen LogP contribution is 2.17. The van der Waals surface area contributed by atoms with Crippen LogP contribution in [0.1, 0.15) is 15.9 Å². The van der Waals surface area contributed by atoms with E-state index < -0.39 is 12.0 Å². The summed E-state index contributed by atoms with van der Waals surface area (Å²) in [5, 5.41) is 9.47. The minimum Gasteiger partial charge on any atom is -0.507 e. The highest BCUT2D eigenvalue weighted by Gasteiger charge is 2.14.